The van der Waals surface area contributed by atoms with E-state index >= 15 is 0 Å². The van der Waals surface area contributed by atoms with Crippen molar-refractivity contribution in [2.24, 2.45) is 0 Å². The molecule has 0 saturated heterocycles. The summed E-state index contributed by atoms with van der Waals surface area (Å²) in [6.45, 7) is 3.54. The van der Waals surface area contributed by atoms with E-state index in [4.69, 9.17) is 5.73 Å². The lowest BCUT2D eigenvalue weighted by Gasteiger charge is -2.24. The van der Waals surface area contributed by atoms with E-state index in [1.165, 1.54) is 11.6 Å². The number of nitrogen functional groups attached to an aromatic ring is 1. The fourth-order valence-corrected chi connectivity index (χ4v) is 1.97. The van der Waals surface area contributed by atoms with Gasteiger partial charge in [0.2, 0.25) is 0 Å². The molecule has 3 heteroatoms. The van der Waals surface area contributed by atoms with Gasteiger partial charge in [0.1, 0.15) is 5.82 Å². The molecule has 2 nitrogen and oxygen atoms in total. The van der Waals surface area contributed by atoms with Gasteiger partial charge in [-0.25, -0.2) is 4.39 Å². The summed E-state index contributed by atoms with van der Waals surface area (Å²) < 4.78 is 13.5. The number of hydrogen-bond acceptors (Lipinski definition) is 2. The molecular weight excluding hydrogens is 227 g/mol. The first-order chi connectivity index (χ1) is 8.72. The largest absolute Gasteiger partial charge is 0.395 e. The van der Waals surface area contributed by atoms with E-state index in [1.54, 1.807) is 6.07 Å². The Kier molecular flexibility index (Phi) is 3.82. The van der Waals surface area contributed by atoms with E-state index < -0.39 is 0 Å². The summed E-state index contributed by atoms with van der Waals surface area (Å²) in [5, 5.41) is 0. The molecule has 94 valence electrons. The van der Waals surface area contributed by atoms with Gasteiger partial charge in [0.05, 0.1) is 11.4 Å². The Morgan fingerprint density at radius 3 is 2.44 bits per heavy atom. The van der Waals surface area contributed by atoms with E-state index in [0.29, 0.717) is 0 Å². The van der Waals surface area contributed by atoms with Crippen molar-refractivity contribution < 1.29 is 4.39 Å². The van der Waals surface area contributed by atoms with Crippen molar-refractivity contribution in [3.63, 3.8) is 0 Å². The molecule has 0 heterocycles. The van der Waals surface area contributed by atoms with Gasteiger partial charge < -0.3 is 10.6 Å². The van der Waals surface area contributed by atoms with E-state index in [2.05, 4.69) is 17.0 Å². The third-order valence-corrected chi connectivity index (χ3v) is 2.97. The maximum atomic E-state index is 13.5. The van der Waals surface area contributed by atoms with E-state index in [9.17, 15) is 4.39 Å². The molecule has 0 saturated carbocycles. The van der Waals surface area contributed by atoms with Crippen LogP contribution in [0.15, 0.2) is 48.5 Å². The molecule has 0 fully saturated rings. The first-order valence-corrected chi connectivity index (χ1v) is 6.05. The standard InChI is InChI=1S/C15H17FN2/c1-2-18(11-12-7-4-3-5-8-12)14-10-6-9-13(16)15(14)17/h3-10H,2,11,17H2,1H3. The van der Waals surface area contributed by atoms with Crippen LogP contribution in [0.1, 0.15) is 12.5 Å². The van der Waals surface area contributed by atoms with Crippen LogP contribution in [0.5, 0.6) is 0 Å². The number of anilines is 2. The Balaban J connectivity index is 2.26. The first kappa shape index (κ1) is 12.4. The van der Waals surface area contributed by atoms with Crippen molar-refractivity contribution in [3.05, 3.63) is 59.9 Å². The Hall–Kier alpha value is -2.03. The van der Waals surface area contributed by atoms with E-state index in [0.717, 1.165) is 18.8 Å². The minimum absolute atomic E-state index is 0.218. The average Bonchev–Trinajstić information content (AvgIpc) is 2.41. The minimum atomic E-state index is -0.362. The lowest BCUT2D eigenvalue weighted by atomic mass is 10.2. The fraction of sp³-hybridized carbons (Fsp3) is 0.200. The third kappa shape index (κ3) is 2.62. The monoisotopic (exact) mass is 244 g/mol. The van der Waals surface area contributed by atoms with Gasteiger partial charge in [-0.15, -0.1) is 0 Å². The van der Waals surface area contributed by atoms with Crippen LogP contribution in [0, 0.1) is 5.82 Å². The zero-order valence-electron chi connectivity index (χ0n) is 10.4. The molecule has 2 N–H and O–H groups in total. The van der Waals surface area contributed by atoms with Gasteiger partial charge in [0.15, 0.2) is 0 Å². The predicted octanol–water partition coefficient (Wildman–Crippen LogP) is 3.43. The molecule has 2 aromatic rings. The smallest absolute Gasteiger partial charge is 0.148 e. The minimum Gasteiger partial charge on any atom is -0.395 e. The maximum absolute atomic E-state index is 13.5. The normalized spacial score (nSPS) is 10.3. The first-order valence-electron chi connectivity index (χ1n) is 6.05. The van der Waals surface area contributed by atoms with Crippen LogP contribution in [0.4, 0.5) is 15.8 Å². The SMILES string of the molecule is CCN(Cc1ccccc1)c1cccc(F)c1N. The number of halogens is 1. The molecule has 18 heavy (non-hydrogen) atoms. The molecule has 2 rings (SSSR count). The lowest BCUT2D eigenvalue weighted by Crippen LogP contribution is -2.23. The Labute approximate surface area is 107 Å². The number of para-hydroxylation sites is 1. The summed E-state index contributed by atoms with van der Waals surface area (Å²) in [6, 6.07) is 15.0. The zero-order valence-corrected chi connectivity index (χ0v) is 10.4. The summed E-state index contributed by atoms with van der Waals surface area (Å²) in [4.78, 5) is 2.06. The highest BCUT2D eigenvalue weighted by Crippen LogP contribution is 2.26. The Morgan fingerprint density at radius 2 is 1.78 bits per heavy atom. The van der Waals surface area contributed by atoms with Crippen LogP contribution in [-0.4, -0.2) is 6.54 Å². The van der Waals surface area contributed by atoms with Crippen molar-refractivity contribution in [1.82, 2.24) is 0 Å². The van der Waals surface area contributed by atoms with Gasteiger partial charge in [0, 0.05) is 13.1 Å². The van der Waals surface area contributed by atoms with E-state index in [1.807, 2.05) is 31.2 Å². The second-order valence-corrected chi connectivity index (χ2v) is 4.17. The number of nitrogens with zero attached hydrogens (tertiary/aromatic N) is 1. The molecular formula is C15H17FN2. The highest BCUT2D eigenvalue weighted by Gasteiger charge is 2.11. The quantitative estimate of drug-likeness (QED) is 0.835. The zero-order chi connectivity index (χ0) is 13.0. The number of hydrogen-bond donors (Lipinski definition) is 1. The third-order valence-electron chi connectivity index (χ3n) is 2.97. The van der Waals surface area contributed by atoms with Crippen LogP contribution >= 0.6 is 0 Å². The van der Waals surface area contributed by atoms with Gasteiger partial charge in [-0.2, -0.15) is 0 Å². The van der Waals surface area contributed by atoms with Crippen molar-refractivity contribution in [2.45, 2.75) is 13.5 Å². The summed E-state index contributed by atoms with van der Waals surface area (Å²) >= 11 is 0. The molecule has 0 aromatic heterocycles. The molecule has 0 unspecified atom stereocenters. The van der Waals surface area contributed by atoms with Crippen molar-refractivity contribution >= 4 is 11.4 Å². The second-order valence-electron chi connectivity index (χ2n) is 4.17. The van der Waals surface area contributed by atoms with Crippen molar-refractivity contribution in [1.29, 1.82) is 0 Å². The number of benzene rings is 2. The van der Waals surface area contributed by atoms with Gasteiger partial charge in [-0.1, -0.05) is 36.4 Å². The van der Waals surface area contributed by atoms with E-state index in [-0.39, 0.29) is 11.5 Å². The molecule has 0 bridgehead atoms. The van der Waals surface area contributed by atoms with Crippen LogP contribution in [-0.2, 0) is 6.54 Å². The molecule has 0 amide bonds. The summed E-state index contributed by atoms with van der Waals surface area (Å²) in [5.74, 6) is -0.362. The summed E-state index contributed by atoms with van der Waals surface area (Å²) in [5.41, 5.74) is 7.95. The summed E-state index contributed by atoms with van der Waals surface area (Å²) in [6.07, 6.45) is 0. The highest BCUT2D eigenvalue weighted by molar-refractivity contribution is 5.68. The fourth-order valence-electron chi connectivity index (χ4n) is 1.97. The molecule has 0 radical (unpaired) electrons. The maximum Gasteiger partial charge on any atom is 0.148 e. The van der Waals surface area contributed by atoms with Gasteiger partial charge in [-0.3, -0.25) is 0 Å². The number of nitrogens with two attached hydrogens (primary N) is 1. The highest BCUT2D eigenvalue weighted by atomic mass is 19.1. The Morgan fingerprint density at radius 1 is 1.06 bits per heavy atom. The average molecular weight is 244 g/mol. The van der Waals surface area contributed by atoms with Crippen LogP contribution in [0.2, 0.25) is 0 Å². The molecule has 0 aliphatic heterocycles. The Bertz CT molecular complexity index is 511. The predicted molar refractivity (Wildman–Crippen MR) is 74.0 cm³/mol. The van der Waals surface area contributed by atoms with Crippen molar-refractivity contribution in [3.8, 4) is 0 Å². The molecule has 0 aliphatic rings. The van der Waals surface area contributed by atoms with Gasteiger partial charge >= 0.3 is 0 Å². The molecule has 0 aliphatic carbocycles. The lowest BCUT2D eigenvalue weighted by molar-refractivity contribution is 0.631. The molecule has 0 spiro atoms. The summed E-state index contributed by atoms with van der Waals surface area (Å²) in [7, 11) is 0. The number of rotatable bonds is 4. The molecule has 2 aromatic carbocycles. The van der Waals surface area contributed by atoms with Crippen molar-refractivity contribution in [2.75, 3.05) is 17.2 Å². The molecule has 0 atom stereocenters. The van der Waals surface area contributed by atoms with Crippen LogP contribution in [0.3, 0.4) is 0 Å². The topological polar surface area (TPSA) is 29.3 Å². The second kappa shape index (κ2) is 5.54. The van der Waals surface area contributed by atoms with Gasteiger partial charge in [0.25, 0.3) is 0 Å². The van der Waals surface area contributed by atoms with Crippen LogP contribution < -0.4 is 10.6 Å². The van der Waals surface area contributed by atoms with Gasteiger partial charge in [-0.05, 0) is 24.6 Å². The van der Waals surface area contributed by atoms with Crippen LogP contribution in [0.25, 0.3) is 0 Å².